The summed E-state index contributed by atoms with van der Waals surface area (Å²) in [6.07, 6.45) is 3.58. The van der Waals surface area contributed by atoms with Crippen molar-refractivity contribution >= 4 is 33.4 Å². The molecule has 2 aromatic rings. The number of anilines is 1. The number of benzene rings is 2. The lowest BCUT2D eigenvalue weighted by atomic mass is 9.96. The van der Waals surface area contributed by atoms with Crippen LogP contribution in [0.4, 0.5) is 5.69 Å². The molecule has 0 saturated carbocycles. The van der Waals surface area contributed by atoms with Crippen LogP contribution in [0.25, 0.3) is 0 Å². The number of fused-ring (bicyclic) bond motifs is 1. The second kappa shape index (κ2) is 8.45. The number of carbonyl (C=O) groups is 2. The van der Waals surface area contributed by atoms with Gasteiger partial charge in [-0.2, -0.15) is 0 Å². The van der Waals surface area contributed by atoms with Gasteiger partial charge in [-0.25, -0.2) is 0 Å². The molecule has 5 nitrogen and oxygen atoms in total. The van der Waals surface area contributed by atoms with Gasteiger partial charge in [0.1, 0.15) is 6.54 Å². The molecule has 0 unspecified atom stereocenters. The lowest BCUT2D eigenvalue weighted by molar-refractivity contribution is -0.897. The van der Waals surface area contributed by atoms with Gasteiger partial charge in [0.15, 0.2) is 6.54 Å². The van der Waals surface area contributed by atoms with Gasteiger partial charge in [-0.3, -0.25) is 9.59 Å². The summed E-state index contributed by atoms with van der Waals surface area (Å²) >= 11 is 3.55. The van der Waals surface area contributed by atoms with Gasteiger partial charge in [0, 0.05) is 15.7 Å². The van der Waals surface area contributed by atoms with E-state index in [1.807, 2.05) is 48.5 Å². The van der Waals surface area contributed by atoms with E-state index in [-0.39, 0.29) is 24.4 Å². The molecule has 0 aliphatic carbocycles. The Morgan fingerprint density at radius 2 is 1.86 bits per heavy atom. The van der Waals surface area contributed by atoms with Gasteiger partial charge in [-0.1, -0.05) is 46.3 Å². The fourth-order valence-electron chi connectivity index (χ4n) is 4.25. The van der Waals surface area contributed by atoms with E-state index < -0.39 is 0 Å². The number of amides is 2. The maximum Gasteiger partial charge on any atom is 0.279 e. The SMILES string of the molecule is O=C1CN(C(=O)C[NH+]2CCCCC2)[C@H](c2ccccc2)c2cc(Br)ccc2N1. The fraction of sp³-hybridized carbons (Fsp3) is 0.364. The van der Waals surface area contributed by atoms with Crippen LogP contribution in [-0.4, -0.2) is 42.9 Å². The summed E-state index contributed by atoms with van der Waals surface area (Å²) in [6, 6.07) is 15.5. The summed E-state index contributed by atoms with van der Waals surface area (Å²) in [5.41, 5.74) is 2.72. The number of carbonyl (C=O) groups excluding carboxylic acids is 2. The molecule has 2 aliphatic heterocycles. The minimum absolute atomic E-state index is 0.0359. The predicted molar refractivity (Wildman–Crippen MR) is 112 cm³/mol. The van der Waals surface area contributed by atoms with Gasteiger partial charge in [-0.05, 0) is 43.0 Å². The van der Waals surface area contributed by atoms with Crippen LogP contribution in [0.1, 0.15) is 36.4 Å². The molecule has 28 heavy (non-hydrogen) atoms. The normalized spacial score (nSPS) is 20.2. The zero-order valence-electron chi connectivity index (χ0n) is 15.8. The van der Waals surface area contributed by atoms with Crippen molar-refractivity contribution in [3.05, 3.63) is 64.1 Å². The topological polar surface area (TPSA) is 53.9 Å². The smallest absolute Gasteiger partial charge is 0.279 e. The Balaban J connectivity index is 1.73. The molecule has 2 aliphatic rings. The monoisotopic (exact) mass is 442 g/mol. The predicted octanol–water partition coefficient (Wildman–Crippen LogP) is 2.39. The van der Waals surface area contributed by atoms with E-state index in [0.29, 0.717) is 6.54 Å². The summed E-state index contributed by atoms with van der Waals surface area (Å²) < 4.78 is 0.928. The highest BCUT2D eigenvalue weighted by Gasteiger charge is 2.35. The molecule has 1 saturated heterocycles. The zero-order chi connectivity index (χ0) is 19.5. The summed E-state index contributed by atoms with van der Waals surface area (Å²) in [5.74, 6) is -0.113. The molecule has 2 heterocycles. The Labute approximate surface area is 173 Å². The number of piperidine rings is 1. The Hall–Kier alpha value is -2.18. The van der Waals surface area contributed by atoms with Crippen LogP contribution >= 0.6 is 15.9 Å². The maximum absolute atomic E-state index is 13.4. The van der Waals surface area contributed by atoms with E-state index in [1.165, 1.54) is 24.2 Å². The van der Waals surface area contributed by atoms with Gasteiger partial charge in [-0.15, -0.1) is 0 Å². The number of hydrogen-bond acceptors (Lipinski definition) is 2. The summed E-state index contributed by atoms with van der Waals surface area (Å²) in [5, 5.41) is 2.98. The summed E-state index contributed by atoms with van der Waals surface area (Å²) in [4.78, 5) is 29.0. The average molecular weight is 443 g/mol. The molecule has 2 N–H and O–H groups in total. The number of nitrogens with one attached hydrogen (secondary N) is 2. The molecule has 2 amide bonds. The van der Waals surface area contributed by atoms with Crippen LogP contribution in [0.15, 0.2) is 53.0 Å². The van der Waals surface area contributed by atoms with Crippen LogP contribution < -0.4 is 10.2 Å². The number of halogens is 1. The molecule has 2 aromatic carbocycles. The molecule has 1 fully saturated rings. The van der Waals surface area contributed by atoms with Crippen molar-refractivity contribution in [2.75, 3.05) is 31.5 Å². The number of quaternary nitrogens is 1. The van der Waals surface area contributed by atoms with Gasteiger partial charge in [0.25, 0.3) is 5.91 Å². The van der Waals surface area contributed by atoms with Crippen LogP contribution in [0.3, 0.4) is 0 Å². The van der Waals surface area contributed by atoms with E-state index >= 15 is 0 Å². The highest BCUT2D eigenvalue weighted by atomic mass is 79.9. The van der Waals surface area contributed by atoms with Crippen molar-refractivity contribution < 1.29 is 14.5 Å². The molecule has 4 rings (SSSR count). The molecular formula is C22H25BrN3O2+. The van der Waals surface area contributed by atoms with Gasteiger partial charge < -0.3 is 15.1 Å². The van der Waals surface area contributed by atoms with Crippen molar-refractivity contribution in [2.24, 2.45) is 0 Å². The zero-order valence-corrected chi connectivity index (χ0v) is 17.4. The van der Waals surface area contributed by atoms with Crippen LogP contribution in [0.5, 0.6) is 0 Å². The fourth-order valence-corrected chi connectivity index (χ4v) is 4.63. The summed E-state index contributed by atoms with van der Waals surface area (Å²) in [6.45, 7) is 2.58. The van der Waals surface area contributed by atoms with Crippen molar-refractivity contribution in [3.8, 4) is 0 Å². The number of rotatable bonds is 3. The largest absolute Gasteiger partial charge is 0.327 e. The first kappa shape index (κ1) is 19.2. The Morgan fingerprint density at radius 3 is 2.61 bits per heavy atom. The van der Waals surface area contributed by atoms with Crippen molar-refractivity contribution in [1.82, 2.24) is 4.90 Å². The first-order valence-electron chi connectivity index (χ1n) is 9.89. The second-order valence-corrected chi connectivity index (χ2v) is 8.52. The van der Waals surface area contributed by atoms with Crippen molar-refractivity contribution in [1.29, 1.82) is 0 Å². The molecule has 1 atom stereocenters. The standard InChI is InChI=1S/C22H24BrN3O2/c23-17-9-10-19-18(13-17)22(16-7-3-1-4-8-16)26(14-20(27)24-19)21(28)15-25-11-5-2-6-12-25/h1,3-4,7-10,13,22H,2,5-6,11-12,14-15H2,(H,24,27)/p+1/t22-/m1/s1. The lowest BCUT2D eigenvalue weighted by Gasteiger charge is -2.32. The Kier molecular flexibility index (Phi) is 5.78. The van der Waals surface area contributed by atoms with Crippen LogP contribution in [0.2, 0.25) is 0 Å². The third-order valence-electron chi connectivity index (χ3n) is 5.61. The summed E-state index contributed by atoms with van der Waals surface area (Å²) in [7, 11) is 0. The Morgan fingerprint density at radius 1 is 1.11 bits per heavy atom. The van der Waals surface area contributed by atoms with E-state index in [0.717, 1.165) is 34.4 Å². The molecular weight excluding hydrogens is 418 g/mol. The third kappa shape index (κ3) is 4.13. The molecule has 146 valence electrons. The molecule has 0 aromatic heterocycles. The van der Waals surface area contributed by atoms with E-state index in [9.17, 15) is 9.59 Å². The lowest BCUT2D eigenvalue weighted by Crippen LogP contribution is -3.13. The quantitative estimate of drug-likeness (QED) is 0.766. The molecule has 0 radical (unpaired) electrons. The maximum atomic E-state index is 13.4. The average Bonchev–Trinajstić information content (AvgIpc) is 2.85. The first-order chi connectivity index (χ1) is 13.6. The van der Waals surface area contributed by atoms with Crippen molar-refractivity contribution in [2.45, 2.75) is 25.3 Å². The van der Waals surface area contributed by atoms with Crippen LogP contribution in [-0.2, 0) is 9.59 Å². The molecule has 0 spiro atoms. The number of likely N-dealkylation sites (tertiary alicyclic amines) is 1. The highest BCUT2D eigenvalue weighted by molar-refractivity contribution is 9.10. The van der Waals surface area contributed by atoms with Gasteiger partial charge in [0.2, 0.25) is 5.91 Å². The molecule has 6 heteroatoms. The van der Waals surface area contributed by atoms with Gasteiger partial charge >= 0.3 is 0 Å². The second-order valence-electron chi connectivity index (χ2n) is 7.60. The van der Waals surface area contributed by atoms with E-state index in [2.05, 4.69) is 21.2 Å². The minimum atomic E-state index is -0.288. The highest BCUT2D eigenvalue weighted by Crippen LogP contribution is 2.37. The van der Waals surface area contributed by atoms with E-state index in [1.54, 1.807) is 4.90 Å². The minimum Gasteiger partial charge on any atom is -0.327 e. The Bertz CT molecular complexity index is 865. The number of hydrogen-bond donors (Lipinski definition) is 2. The van der Waals surface area contributed by atoms with Crippen molar-refractivity contribution in [3.63, 3.8) is 0 Å². The molecule has 0 bridgehead atoms. The van der Waals surface area contributed by atoms with Gasteiger partial charge in [0.05, 0.1) is 19.1 Å². The van der Waals surface area contributed by atoms with Crippen LogP contribution in [0, 0.1) is 0 Å². The third-order valence-corrected chi connectivity index (χ3v) is 6.10. The number of nitrogens with zero attached hydrogens (tertiary/aromatic N) is 1. The first-order valence-corrected chi connectivity index (χ1v) is 10.7. The van der Waals surface area contributed by atoms with E-state index in [4.69, 9.17) is 0 Å².